The van der Waals surface area contributed by atoms with Crippen LogP contribution in [0.3, 0.4) is 0 Å². The quantitative estimate of drug-likeness (QED) is 0.0765. The SMILES string of the molecule is C=C[C@@H](C)C/C=C/[C@H](C)C/C=C/[C@H](C)[C@@H](C)OCc1ccc(OCCCC(F)(F)C(F)(F)C(F)(F)C(F)(F)C(F)(F)C(F)(F)F)cc1. The third-order valence-corrected chi connectivity index (χ3v) is 7.40. The maximum atomic E-state index is 13.9. The standard InChI is InChI=1S/C32H39F13O2/c1-6-21(2)10-7-11-22(3)12-8-13-23(4)24(5)47-20-25-14-16-26(17-15-25)46-19-9-18-27(33,34)28(35,36)29(37,38)30(39,40)31(41,42)32(43,44)45/h6-8,11,13-17,21-24H,1,9-10,12,18-20H2,2-5H3/b11-7+,13-8+/t21-,22+,23+,24-/m1/s1. The third kappa shape index (κ3) is 10.6. The van der Waals surface area contributed by atoms with Crippen molar-refractivity contribution < 1.29 is 66.5 Å². The summed E-state index contributed by atoms with van der Waals surface area (Å²) in [7, 11) is 0. The second-order valence-corrected chi connectivity index (χ2v) is 11.5. The molecule has 270 valence electrons. The van der Waals surface area contributed by atoms with Gasteiger partial charge in [-0.2, -0.15) is 57.1 Å². The summed E-state index contributed by atoms with van der Waals surface area (Å²) in [5, 5.41) is 0. The smallest absolute Gasteiger partial charge is 0.460 e. The van der Waals surface area contributed by atoms with Gasteiger partial charge in [0.1, 0.15) is 5.75 Å². The fourth-order valence-corrected chi connectivity index (χ4v) is 3.87. The minimum atomic E-state index is -7.90. The third-order valence-electron chi connectivity index (χ3n) is 7.40. The zero-order valence-electron chi connectivity index (χ0n) is 26.2. The second kappa shape index (κ2) is 16.6. The predicted octanol–water partition coefficient (Wildman–Crippen LogP) is 11.5. The van der Waals surface area contributed by atoms with Crippen LogP contribution in [0.5, 0.6) is 5.75 Å². The highest BCUT2D eigenvalue weighted by Gasteiger charge is 2.90. The van der Waals surface area contributed by atoms with E-state index in [0.717, 1.165) is 12.8 Å². The van der Waals surface area contributed by atoms with Crippen molar-refractivity contribution in [1.82, 2.24) is 0 Å². The lowest BCUT2D eigenvalue weighted by Crippen LogP contribution is -2.70. The molecule has 47 heavy (non-hydrogen) atoms. The lowest BCUT2D eigenvalue weighted by molar-refractivity contribution is -0.440. The Morgan fingerprint density at radius 2 is 1.19 bits per heavy atom. The molecule has 1 aromatic rings. The van der Waals surface area contributed by atoms with E-state index in [4.69, 9.17) is 9.47 Å². The minimum absolute atomic E-state index is 0.0111. The van der Waals surface area contributed by atoms with Gasteiger partial charge in [-0.3, -0.25) is 0 Å². The highest BCUT2D eigenvalue weighted by Crippen LogP contribution is 2.60. The summed E-state index contributed by atoms with van der Waals surface area (Å²) in [5.41, 5.74) is 0.665. The molecule has 1 aromatic carbocycles. The average molecular weight is 703 g/mol. The summed E-state index contributed by atoms with van der Waals surface area (Å²) >= 11 is 0. The van der Waals surface area contributed by atoms with Gasteiger partial charge in [0.15, 0.2) is 0 Å². The van der Waals surface area contributed by atoms with Crippen LogP contribution < -0.4 is 4.74 Å². The van der Waals surface area contributed by atoms with Gasteiger partial charge in [-0.1, -0.05) is 63.3 Å². The molecule has 0 heterocycles. The average Bonchev–Trinajstić information content (AvgIpc) is 2.97. The largest absolute Gasteiger partial charge is 0.494 e. The molecule has 1 rings (SSSR count). The van der Waals surface area contributed by atoms with Crippen molar-refractivity contribution in [1.29, 1.82) is 0 Å². The predicted molar refractivity (Wildman–Crippen MR) is 151 cm³/mol. The van der Waals surface area contributed by atoms with Crippen molar-refractivity contribution >= 4 is 0 Å². The molecule has 0 saturated carbocycles. The van der Waals surface area contributed by atoms with Crippen molar-refractivity contribution in [3.63, 3.8) is 0 Å². The number of ether oxygens (including phenoxy) is 2. The molecule has 0 aliphatic carbocycles. The molecular formula is C32H39F13O2. The number of alkyl halides is 13. The molecule has 0 N–H and O–H groups in total. The summed E-state index contributed by atoms with van der Waals surface area (Å²) in [6.45, 7) is 11.1. The molecule has 0 unspecified atom stereocenters. The van der Waals surface area contributed by atoms with Gasteiger partial charge in [0.25, 0.3) is 0 Å². The lowest BCUT2D eigenvalue weighted by atomic mass is 9.92. The summed E-state index contributed by atoms with van der Waals surface area (Å²) < 4.78 is 183. The highest BCUT2D eigenvalue weighted by molar-refractivity contribution is 5.27. The number of allylic oxidation sites excluding steroid dienone is 4. The van der Waals surface area contributed by atoms with E-state index in [1.165, 1.54) is 24.3 Å². The maximum absolute atomic E-state index is 13.9. The summed E-state index contributed by atoms with van der Waals surface area (Å²) in [6, 6.07) is 5.74. The molecule has 0 radical (unpaired) electrons. The van der Waals surface area contributed by atoms with E-state index in [1.54, 1.807) is 0 Å². The van der Waals surface area contributed by atoms with Crippen LogP contribution in [0.15, 0.2) is 61.2 Å². The Bertz CT molecular complexity index is 1160. The summed E-state index contributed by atoms with van der Waals surface area (Å²) in [6.07, 6.45) is 0.982. The van der Waals surface area contributed by atoms with E-state index in [-0.39, 0.29) is 24.4 Å². The van der Waals surface area contributed by atoms with E-state index in [9.17, 15) is 57.1 Å². The van der Waals surface area contributed by atoms with Gasteiger partial charge >= 0.3 is 35.8 Å². The van der Waals surface area contributed by atoms with Crippen molar-refractivity contribution in [3.05, 3.63) is 66.8 Å². The van der Waals surface area contributed by atoms with Crippen LogP contribution in [0.2, 0.25) is 0 Å². The Hall–Kier alpha value is -2.71. The molecule has 0 aliphatic rings. The van der Waals surface area contributed by atoms with Gasteiger partial charge in [-0.05, 0) is 61.6 Å². The summed E-state index contributed by atoms with van der Waals surface area (Å²) in [5.74, 6) is -36.0. The fraction of sp³-hybridized carbons (Fsp3) is 0.625. The summed E-state index contributed by atoms with van der Waals surface area (Å²) in [4.78, 5) is 0. The van der Waals surface area contributed by atoms with Gasteiger partial charge in [-0.15, -0.1) is 6.58 Å². The molecule has 15 heteroatoms. The molecule has 0 aromatic heterocycles. The molecule has 4 atom stereocenters. The van der Waals surface area contributed by atoms with Crippen LogP contribution in [0.25, 0.3) is 0 Å². The van der Waals surface area contributed by atoms with Crippen LogP contribution in [-0.2, 0) is 11.3 Å². The van der Waals surface area contributed by atoms with E-state index in [0.29, 0.717) is 17.4 Å². The zero-order valence-corrected chi connectivity index (χ0v) is 26.2. The monoisotopic (exact) mass is 702 g/mol. The lowest BCUT2D eigenvalue weighted by Gasteiger charge is -2.39. The molecule has 0 bridgehead atoms. The van der Waals surface area contributed by atoms with Crippen molar-refractivity contribution in [2.45, 2.75) is 102 Å². The van der Waals surface area contributed by atoms with Gasteiger partial charge in [0.2, 0.25) is 0 Å². The van der Waals surface area contributed by atoms with Crippen LogP contribution in [-0.4, -0.2) is 48.5 Å². The van der Waals surface area contributed by atoms with Crippen molar-refractivity contribution in [2.75, 3.05) is 6.61 Å². The number of halogens is 13. The molecule has 0 amide bonds. The molecular weight excluding hydrogens is 663 g/mol. The van der Waals surface area contributed by atoms with Crippen molar-refractivity contribution in [3.8, 4) is 5.75 Å². The highest BCUT2D eigenvalue weighted by atomic mass is 19.4. The normalized spacial score (nSPS) is 16.8. The van der Waals surface area contributed by atoms with E-state index >= 15 is 0 Å². The van der Waals surface area contributed by atoms with Crippen LogP contribution in [0.4, 0.5) is 57.1 Å². The first-order valence-corrected chi connectivity index (χ1v) is 14.6. The first-order chi connectivity index (χ1) is 21.4. The van der Waals surface area contributed by atoms with E-state index < -0.39 is 55.2 Å². The Morgan fingerprint density at radius 1 is 0.681 bits per heavy atom. The number of hydrogen-bond acceptors (Lipinski definition) is 2. The van der Waals surface area contributed by atoms with Crippen molar-refractivity contribution in [2.24, 2.45) is 17.8 Å². The van der Waals surface area contributed by atoms with Crippen LogP contribution in [0.1, 0.15) is 58.9 Å². The minimum Gasteiger partial charge on any atom is -0.494 e. The van der Waals surface area contributed by atoms with E-state index in [2.05, 4.69) is 38.7 Å². The molecule has 0 spiro atoms. The molecule has 0 aliphatic heterocycles. The zero-order chi connectivity index (χ0) is 36.5. The number of rotatable bonds is 20. The Morgan fingerprint density at radius 3 is 1.72 bits per heavy atom. The van der Waals surface area contributed by atoms with E-state index in [1.807, 2.05) is 26.0 Å². The van der Waals surface area contributed by atoms with Gasteiger partial charge in [0, 0.05) is 6.42 Å². The first kappa shape index (κ1) is 42.3. The van der Waals surface area contributed by atoms with Gasteiger partial charge in [0.05, 0.1) is 19.3 Å². The first-order valence-electron chi connectivity index (χ1n) is 14.6. The maximum Gasteiger partial charge on any atom is 0.460 e. The number of hydrogen-bond donors (Lipinski definition) is 0. The second-order valence-electron chi connectivity index (χ2n) is 11.5. The topological polar surface area (TPSA) is 18.5 Å². The Kier molecular flexibility index (Phi) is 14.9. The molecule has 0 saturated heterocycles. The Labute approximate surface area is 265 Å². The van der Waals surface area contributed by atoms with Gasteiger partial charge in [-0.25, -0.2) is 0 Å². The van der Waals surface area contributed by atoms with Crippen LogP contribution >= 0.6 is 0 Å². The fourth-order valence-electron chi connectivity index (χ4n) is 3.87. The van der Waals surface area contributed by atoms with Crippen LogP contribution in [0, 0.1) is 17.8 Å². The van der Waals surface area contributed by atoms with Gasteiger partial charge < -0.3 is 9.47 Å². The molecule has 0 fully saturated rings. The molecule has 2 nitrogen and oxygen atoms in total. The number of benzene rings is 1. The Balaban J connectivity index is 2.63.